The standard InChI is InChI=1S/C14H16O2S/c15-8-5-12-1-3-14(4-2-12)16-9-6-13-7-10-17-11-13/h1-4,7,10-11,15H,5-6,8-9H2. The summed E-state index contributed by atoms with van der Waals surface area (Å²) in [5.74, 6) is 0.891. The zero-order chi connectivity index (χ0) is 11.9. The minimum Gasteiger partial charge on any atom is -0.493 e. The van der Waals surface area contributed by atoms with Gasteiger partial charge in [-0.15, -0.1) is 0 Å². The molecule has 0 aliphatic heterocycles. The Morgan fingerprint density at radius 2 is 1.82 bits per heavy atom. The Morgan fingerprint density at radius 1 is 1.00 bits per heavy atom. The van der Waals surface area contributed by atoms with Crippen molar-refractivity contribution in [2.24, 2.45) is 0 Å². The van der Waals surface area contributed by atoms with E-state index in [9.17, 15) is 0 Å². The molecule has 1 N–H and O–H groups in total. The SMILES string of the molecule is OCCc1ccc(OCCc2ccsc2)cc1. The Kier molecular flexibility index (Phi) is 4.59. The second-order valence-electron chi connectivity index (χ2n) is 3.85. The monoisotopic (exact) mass is 248 g/mol. The predicted molar refractivity (Wildman–Crippen MR) is 70.7 cm³/mol. The van der Waals surface area contributed by atoms with Crippen molar-refractivity contribution in [2.75, 3.05) is 13.2 Å². The zero-order valence-electron chi connectivity index (χ0n) is 9.63. The molecule has 0 saturated carbocycles. The lowest BCUT2D eigenvalue weighted by Gasteiger charge is -2.06. The Morgan fingerprint density at radius 3 is 2.47 bits per heavy atom. The summed E-state index contributed by atoms with van der Waals surface area (Å²) in [6, 6.07) is 10.0. The quantitative estimate of drug-likeness (QED) is 0.851. The number of hydrogen-bond acceptors (Lipinski definition) is 3. The maximum Gasteiger partial charge on any atom is 0.119 e. The Labute approximate surface area is 105 Å². The van der Waals surface area contributed by atoms with E-state index < -0.39 is 0 Å². The van der Waals surface area contributed by atoms with Crippen LogP contribution in [0.5, 0.6) is 5.75 Å². The average Bonchev–Trinajstić information content (AvgIpc) is 2.85. The minimum absolute atomic E-state index is 0.193. The van der Waals surface area contributed by atoms with Gasteiger partial charge in [-0.2, -0.15) is 11.3 Å². The van der Waals surface area contributed by atoms with E-state index in [2.05, 4.69) is 16.8 Å². The van der Waals surface area contributed by atoms with Crippen molar-refractivity contribution in [2.45, 2.75) is 12.8 Å². The van der Waals surface area contributed by atoms with Crippen molar-refractivity contribution >= 4 is 11.3 Å². The van der Waals surface area contributed by atoms with Gasteiger partial charge in [0.15, 0.2) is 0 Å². The molecule has 0 saturated heterocycles. The largest absolute Gasteiger partial charge is 0.493 e. The summed E-state index contributed by atoms with van der Waals surface area (Å²) in [5.41, 5.74) is 2.46. The van der Waals surface area contributed by atoms with Crippen molar-refractivity contribution in [1.82, 2.24) is 0 Å². The smallest absolute Gasteiger partial charge is 0.119 e. The van der Waals surface area contributed by atoms with Crippen LogP contribution in [0.15, 0.2) is 41.1 Å². The van der Waals surface area contributed by atoms with Crippen LogP contribution >= 0.6 is 11.3 Å². The van der Waals surface area contributed by atoms with Gasteiger partial charge in [-0.3, -0.25) is 0 Å². The highest BCUT2D eigenvalue weighted by Gasteiger charge is 1.97. The summed E-state index contributed by atoms with van der Waals surface area (Å²) in [5, 5.41) is 13.0. The minimum atomic E-state index is 0.193. The first kappa shape index (κ1) is 12.1. The molecule has 3 heteroatoms. The van der Waals surface area contributed by atoms with Crippen LogP contribution in [-0.2, 0) is 12.8 Å². The summed E-state index contributed by atoms with van der Waals surface area (Å²) < 4.78 is 5.65. The van der Waals surface area contributed by atoms with Gasteiger partial charge in [0.05, 0.1) is 6.61 Å². The van der Waals surface area contributed by atoms with Gasteiger partial charge < -0.3 is 9.84 Å². The molecule has 0 bridgehead atoms. The van der Waals surface area contributed by atoms with Gasteiger partial charge in [0.1, 0.15) is 5.75 Å². The molecular formula is C14H16O2S. The number of aliphatic hydroxyl groups excluding tert-OH is 1. The predicted octanol–water partition coefficient (Wildman–Crippen LogP) is 2.90. The highest BCUT2D eigenvalue weighted by atomic mass is 32.1. The topological polar surface area (TPSA) is 29.5 Å². The molecule has 0 unspecified atom stereocenters. The number of rotatable bonds is 6. The normalized spacial score (nSPS) is 10.4. The number of ether oxygens (including phenoxy) is 1. The van der Waals surface area contributed by atoms with Crippen LogP contribution in [0.3, 0.4) is 0 Å². The van der Waals surface area contributed by atoms with Crippen molar-refractivity contribution in [3.8, 4) is 5.75 Å². The molecule has 2 nitrogen and oxygen atoms in total. The Hall–Kier alpha value is -1.32. The van der Waals surface area contributed by atoms with Crippen LogP contribution in [0, 0.1) is 0 Å². The van der Waals surface area contributed by atoms with E-state index in [1.165, 1.54) is 5.56 Å². The Bertz CT molecular complexity index is 420. The van der Waals surface area contributed by atoms with Crippen LogP contribution in [-0.4, -0.2) is 18.3 Å². The zero-order valence-corrected chi connectivity index (χ0v) is 10.5. The molecule has 90 valence electrons. The first-order valence-corrected chi connectivity index (χ1v) is 6.66. The van der Waals surface area contributed by atoms with Crippen LogP contribution in [0.2, 0.25) is 0 Å². The van der Waals surface area contributed by atoms with Gasteiger partial charge in [-0.25, -0.2) is 0 Å². The van der Waals surface area contributed by atoms with E-state index in [4.69, 9.17) is 9.84 Å². The van der Waals surface area contributed by atoms with E-state index in [1.54, 1.807) is 11.3 Å². The van der Waals surface area contributed by atoms with Gasteiger partial charge in [0, 0.05) is 13.0 Å². The fraction of sp³-hybridized carbons (Fsp3) is 0.286. The van der Waals surface area contributed by atoms with E-state index >= 15 is 0 Å². The van der Waals surface area contributed by atoms with Gasteiger partial charge in [-0.05, 0) is 46.5 Å². The molecule has 0 atom stereocenters. The molecular weight excluding hydrogens is 232 g/mol. The van der Waals surface area contributed by atoms with E-state index in [-0.39, 0.29) is 6.61 Å². The summed E-state index contributed by atoms with van der Waals surface area (Å²) in [6.07, 6.45) is 1.65. The molecule has 0 amide bonds. The maximum absolute atomic E-state index is 8.81. The lowest BCUT2D eigenvalue weighted by atomic mass is 10.1. The van der Waals surface area contributed by atoms with Crippen molar-refractivity contribution in [3.05, 3.63) is 52.2 Å². The van der Waals surface area contributed by atoms with Gasteiger partial charge in [0.2, 0.25) is 0 Å². The number of aliphatic hydroxyl groups is 1. The third kappa shape index (κ3) is 3.88. The van der Waals surface area contributed by atoms with Crippen LogP contribution in [0.25, 0.3) is 0 Å². The van der Waals surface area contributed by atoms with Crippen LogP contribution in [0.1, 0.15) is 11.1 Å². The average molecular weight is 248 g/mol. The number of thiophene rings is 1. The van der Waals surface area contributed by atoms with Crippen molar-refractivity contribution < 1.29 is 9.84 Å². The summed E-state index contributed by atoms with van der Waals surface area (Å²) in [6.45, 7) is 0.897. The fourth-order valence-corrected chi connectivity index (χ4v) is 2.31. The first-order valence-electron chi connectivity index (χ1n) is 5.72. The summed E-state index contributed by atoms with van der Waals surface area (Å²) >= 11 is 1.71. The second-order valence-corrected chi connectivity index (χ2v) is 4.63. The molecule has 1 heterocycles. The number of benzene rings is 1. The highest BCUT2D eigenvalue weighted by Crippen LogP contribution is 2.13. The molecule has 0 aliphatic carbocycles. The Balaban J connectivity index is 1.79. The number of hydrogen-bond donors (Lipinski definition) is 1. The molecule has 2 rings (SSSR count). The van der Waals surface area contributed by atoms with Gasteiger partial charge >= 0.3 is 0 Å². The molecule has 2 aromatic rings. The molecule has 0 spiro atoms. The first-order chi connectivity index (χ1) is 8.38. The van der Waals surface area contributed by atoms with E-state index in [0.717, 1.165) is 17.7 Å². The summed E-state index contributed by atoms with van der Waals surface area (Å²) in [4.78, 5) is 0. The third-order valence-corrected chi connectivity index (χ3v) is 3.30. The molecule has 0 aliphatic rings. The van der Waals surface area contributed by atoms with Crippen LogP contribution in [0.4, 0.5) is 0 Å². The second kappa shape index (κ2) is 6.42. The molecule has 0 radical (unpaired) electrons. The van der Waals surface area contributed by atoms with Crippen LogP contribution < -0.4 is 4.74 Å². The van der Waals surface area contributed by atoms with Crippen molar-refractivity contribution in [1.29, 1.82) is 0 Å². The maximum atomic E-state index is 8.81. The van der Waals surface area contributed by atoms with Crippen molar-refractivity contribution in [3.63, 3.8) is 0 Å². The highest BCUT2D eigenvalue weighted by molar-refractivity contribution is 7.07. The molecule has 0 fully saturated rings. The third-order valence-electron chi connectivity index (χ3n) is 2.56. The fourth-order valence-electron chi connectivity index (χ4n) is 1.60. The summed E-state index contributed by atoms with van der Waals surface area (Å²) in [7, 11) is 0. The van der Waals surface area contributed by atoms with Gasteiger partial charge in [0.25, 0.3) is 0 Å². The molecule has 1 aromatic heterocycles. The molecule has 1 aromatic carbocycles. The lowest BCUT2D eigenvalue weighted by molar-refractivity contribution is 0.299. The van der Waals surface area contributed by atoms with Gasteiger partial charge in [-0.1, -0.05) is 12.1 Å². The molecule has 17 heavy (non-hydrogen) atoms. The lowest BCUT2D eigenvalue weighted by Crippen LogP contribution is -2.00. The van der Waals surface area contributed by atoms with E-state index in [0.29, 0.717) is 13.0 Å². The van der Waals surface area contributed by atoms with E-state index in [1.807, 2.05) is 24.3 Å².